The van der Waals surface area contributed by atoms with E-state index in [0.717, 1.165) is 22.3 Å². The highest BCUT2D eigenvalue weighted by atomic mass is 19.1. The second-order valence-corrected chi connectivity index (χ2v) is 6.47. The molecule has 28 heavy (non-hydrogen) atoms. The Balaban J connectivity index is 1.67. The van der Waals surface area contributed by atoms with Crippen LogP contribution in [0, 0.1) is 0 Å². The third kappa shape index (κ3) is 3.95. The number of alkyl halides is 1. The Bertz CT molecular complexity index is 871. The maximum Gasteiger partial charge on any atom is 0.407 e. The molecule has 0 saturated heterocycles. The highest BCUT2D eigenvalue weighted by Gasteiger charge is 2.31. The predicted molar refractivity (Wildman–Crippen MR) is 98.3 cm³/mol. The number of aliphatic carboxylic acids is 1. The van der Waals surface area contributed by atoms with E-state index in [0.29, 0.717) is 0 Å². The van der Waals surface area contributed by atoms with Gasteiger partial charge < -0.3 is 20.9 Å². The summed E-state index contributed by atoms with van der Waals surface area (Å²) in [4.78, 5) is 34.0. The monoisotopic (exact) mass is 386 g/mol. The predicted octanol–water partition coefficient (Wildman–Crippen LogP) is 2.19. The van der Waals surface area contributed by atoms with E-state index in [1.807, 2.05) is 48.5 Å². The summed E-state index contributed by atoms with van der Waals surface area (Å²) in [5.74, 6) is -2.97. The van der Waals surface area contributed by atoms with Crippen LogP contribution in [0.4, 0.5) is 9.18 Å². The van der Waals surface area contributed by atoms with Crippen molar-refractivity contribution in [3.05, 3.63) is 59.7 Å². The topological polar surface area (TPSA) is 119 Å². The maximum atomic E-state index is 13.4. The molecule has 2 atom stereocenters. The zero-order valence-corrected chi connectivity index (χ0v) is 14.8. The van der Waals surface area contributed by atoms with E-state index in [-0.39, 0.29) is 12.5 Å². The van der Waals surface area contributed by atoms with Gasteiger partial charge in [0.2, 0.25) is 0 Å². The Kier molecular flexibility index (Phi) is 5.58. The SMILES string of the molecule is NC(=O)[C@H](F)C[C@H](NC(=O)OCC1c2ccccc2-c2ccccc21)C(=O)O. The van der Waals surface area contributed by atoms with Crippen LogP contribution in [0.5, 0.6) is 0 Å². The summed E-state index contributed by atoms with van der Waals surface area (Å²) in [5.41, 5.74) is 8.91. The fourth-order valence-electron chi connectivity index (χ4n) is 3.33. The standard InChI is InChI=1S/C20H19FN2O5/c21-16(18(22)24)9-17(19(25)26)23-20(27)28-10-15-13-7-3-1-5-11(13)12-6-2-4-8-14(12)15/h1-8,15-17H,9-10H2,(H2,22,24)(H,23,27)(H,25,26)/t16-,17+/m1/s1. The fourth-order valence-corrected chi connectivity index (χ4v) is 3.33. The van der Waals surface area contributed by atoms with Gasteiger partial charge in [-0.3, -0.25) is 4.79 Å². The zero-order chi connectivity index (χ0) is 20.3. The van der Waals surface area contributed by atoms with Crippen molar-refractivity contribution in [3.8, 4) is 11.1 Å². The minimum Gasteiger partial charge on any atom is -0.480 e. The van der Waals surface area contributed by atoms with Crippen molar-refractivity contribution >= 4 is 18.0 Å². The maximum absolute atomic E-state index is 13.4. The second-order valence-electron chi connectivity index (χ2n) is 6.47. The summed E-state index contributed by atoms with van der Waals surface area (Å²) < 4.78 is 18.6. The Morgan fingerprint density at radius 3 is 2.11 bits per heavy atom. The quantitative estimate of drug-likeness (QED) is 0.674. The van der Waals surface area contributed by atoms with Crippen LogP contribution in [0.25, 0.3) is 11.1 Å². The van der Waals surface area contributed by atoms with Gasteiger partial charge >= 0.3 is 12.1 Å². The number of benzene rings is 2. The molecule has 7 nitrogen and oxygen atoms in total. The first-order valence-corrected chi connectivity index (χ1v) is 8.66. The number of carboxylic acids is 1. The molecule has 3 rings (SSSR count). The molecular formula is C20H19FN2O5. The lowest BCUT2D eigenvalue weighted by Gasteiger charge is -2.18. The van der Waals surface area contributed by atoms with E-state index in [1.165, 1.54) is 0 Å². The molecule has 0 fully saturated rings. The largest absolute Gasteiger partial charge is 0.480 e. The van der Waals surface area contributed by atoms with Crippen molar-refractivity contribution < 1.29 is 28.6 Å². The number of nitrogens with two attached hydrogens (primary N) is 1. The fraction of sp³-hybridized carbons (Fsp3) is 0.250. The Morgan fingerprint density at radius 1 is 1.07 bits per heavy atom. The van der Waals surface area contributed by atoms with Crippen LogP contribution in [0.1, 0.15) is 23.5 Å². The average molecular weight is 386 g/mol. The molecule has 0 radical (unpaired) electrons. The number of hydrogen-bond donors (Lipinski definition) is 3. The number of nitrogens with one attached hydrogen (secondary N) is 1. The van der Waals surface area contributed by atoms with Crippen LogP contribution in [-0.4, -0.2) is 41.9 Å². The number of primary amides is 1. The van der Waals surface area contributed by atoms with Crippen LogP contribution in [-0.2, 0) is 14.3 Å². The first kappa shape index (κ1) is 19.3. The van der Waals surface area contributed by atoms with E-state index >= 15 is 0 Å². The first-order valence-electron chi connectivity index (χ1n) is 8.66. The summed E-state index contributed by atoms with van der Waals surface area (Å²) in [6.45, 7) is -0.0128. The van der Waals surface area contributed by atoms with Crippen molar-refractivity contribution in [2.24, 2.45) is 5.73 Å². The number of hydrogen-bond acceptors (Lipinski definition) is 4. The minimum absolute atomic E-state index is 0.0128. The van der Waals surface area contributed by atoms with Crippen LogP contribution >= 0.6 is 0 Å². The Morgan fingerprint density at radius 2 is 1.61 bits per heavy atom. The molecule has 0 aliphatic heterocycles. The third-order valence-corrected chi connectivity index (χ3v) is 4.69. The van der Waals surface area contributed by atoms with E-state index < -0.39 is 36.6 Å². The van der Waals surface area contributed by atoms with Crippen molar-refractivity contribution in [1.82, 2.24) is 5.32 Å². The van der Waals surface area contributed by atoms with E-state index in [4.69, 9.17) is 15.6 Å². The lowest BCUT2D eigenvalue weighted by atomic mass is 9.98. The minimum atomic E-state index is -2.19. The summed E-state index contributed by atoms with van der Waals surface area (Å²) in [6, 6.07) is 13.9. The molecule has 146 valence electrons. The molecule has 0 saturated carbocycles. The molecule has 2 amide bonds. The van der Waals surface area contributed by atoms with Gasteiger partial charge in [0.25, 0.3) is 5.91 Å². The number of fused-ring (bicyclic) bond motifs is 3. The average Bonchev–Trinajstić information content (AvgIpc) is 2.99. The van der Waals surface area contributed by atoms with Crippen molar-refractivity contribution in [2.75, 3.05) is 6.61 Å². The molecule has 0 aromatic heterocycles. The van der Waals surface area contributed by atoms with Crippen molar-refractivity contribution in [1.29, 1.82) is 0 Å². The van der Waals surface area contributed by atoms with Gasteiger partial charge in [0.05, 0.1) is 0 Å². The number of carbonyl (C=O) groups is 3. The molecule has 8 heteroatoms. The number of alkyl carbamates (subject to hydrolysis) is 1. The van der Waals surface area contributed by atoms with Crippen LogP contribution in [0.3, 0.4) is 0 Å². The van der Waals surface area contributed by atoms with Gasteiger partial charge in [-0.1, -0.05) is 48.5 Å². The Hall–Kier alpha value is -3.42. The highest BCUT2D eigenvalue weighted by molar-refractivity contribution is 5.83. The van der Waals surface area contributed by atoms with Gasteiger partial charge in [-0.15, -0.1) is 0 Å². The van der Waals surface area contributed by atoms with Gasteiger partial charge in [0.1, 0.15) is 12.6 Å². The molecule has 1 aliphatic rings. The molecule has 2 aromatic carbocycles. The molecule has 0 bridgehead atoms. The molecular weight excluding hydrogens is 367 g/mol. The van der Waals surface area contributed by atoms with Crippen molar-refractivity contribution in [2.45, 2.75) is 24.6 Å². The van der Waals surface area contributed by atoms with E-state index in [9.17, 15) is 18.8 Å². The van der Waals surface area contributed by atoms with Crippen LogP contribution < -0.4 is 11.1 Å². The highest BCUT2D eigenvalue weighted by Crippen LogP contribution is 2.44. The lowest BCUT2D eigenvalue weighted by molar-refractivity contribution is -0.140. The van der Waals surface area contributed by atoms with Gasteiger partial charge in [-0.2, -0.15) is 0 Å². The molecule has 2 aromatic rings. The zero-order valence-electron chi connectivity index (χ0n) is 14.8. The second kappa shape index (κ2) is 8.08. The van der Waals surface area contributed by atoms with E-state index in [2.05, 4.69) is 5.32 Å². The van der Waals surface area contributed by atoms with Crippen LogP contribution in [0.2, 0.25) is 0 Å². The molecule has 0 spiro atoms. The summed E-state index contributed by atoms with van der Waals surface area (Å²) in [5, 5.41) is 11.2. The molecule has 0 heterocycles. The number of carbonyl (C=O) groups excluding carboxylic acids is 2. The normalized spacial score (nSPS) is 14.5. The molecule has 1 aliphatic carbocycles. The Labute approximate surface area is 160 Å². The first-order chi connectivity index (χ1) is 13.4. The van der Waals surface area contributed by atoms with Gasteiger partial charge in [-0.25, -0.2) is 14.0 Å². The summed E-state index contributed by atoms with van der Waals surface area (Å²) in [7, 11) is 0. The van der Waals surface area contributed by atoms with Gasteiger partial charge in [0.15, 0.2) is 6.17 Å². The smallest absolute Gasteiger partial charge is 0.407 e. The lowest BCUT2D eigenvalue weighted by Crippen LogP contribution is -2.44. The van der Waals surface area contributed by atoms with Crippen LogP contribution in [0.15, 0.2) is 48.5 Å². The third-order valence-electron chi connectivity index (χ3n) is 4.69. The van der Waals surface area contributed by atoms with Gasteiger partial charge in [0, 0.05) is 12.3 Å². The van der Waals surface area contributed by atoms with Crippen molar-refractivity contribution in [3.63, 3.8) is 0 Å². The molecule has 0 unspecified atom stereocenters. The van der Waals surface area contributed by atoms with E-state index in [1.54, 1.807) is 0 Å². The molecule has 4 N–H and O–H groups in total. The number of carboxylic acid groups (broad SMARTS) is 1. The summed E-state index contributed by atoms with van der Waals surface area (Å²) >= 11 is 0. The number of halogens is 1. The number of ether oxygens (including phenoxy) is 1. The number of rotatable bonds is 7. The summed E-state index contributed by atoms with van der Waals surface area (Å²) in [6.07, 6.45) is -3.96. The van der Waals surface area contributed by atoms with Gasteiger partial charge in [-0.05, 0) is 22.3 Å². The number of amides is 2.